The zero-order chi connectivity index (χ0) is 39.1. The molecule has 2 aliphatic rings. The summed E-state index contributed by atoms with van der Waals surface area (Å²) in [6.07, 6.45) is -16.9. The molecule has 0 amide bonds. The maximum Gasteiger partial charge on any atom is 0.416 e. The number of halogens is 12. The van der Waals surface area contributed by atoms with Gasteiger partial charge in [0.05, 0.1) is 34.0 Å². The van der Waals surface area contributed by atoms with Crippen molar-refractivity contribution in [1.29, 1.82) is 10.5 Å². The molecule has 54 heavy (non-hydrogen) atoms. The number of rotatable bonds is 3. The number of nitrogens with one attached hydrogen (secondary N) is 1. The van der Waals surface area contributed by atoms with Crippen LogP contribution in [0.25, 0.3) is 44.5 Å². The molecule has 0 bridgehead atoms. The topological polar surface area (TPSA) is 72.0 Å². The van der Waals surface area contributed by atoms with Gasteiger partial charge in [-0.2, -0.15) is 68.2 Å². The lowest BCUT2D eigenvalue weighted by Crippen LogP contribution is -2.15. The zero-order valence-corrected chi connectivity index (χ0v) is 26.5. The van der Waals surface area contributed by atoms with Gasteiger partial charge in [-0.15, -0.1) is 0 Å². The number of hydrogen-bond acceptors (Lipinski definition) is 4. The first-order valence-electron chi connectivity index (χ1n) is 15.4. The van der Waals surface area contributed by atoms with Crippen molar-refractivity contribution in [3.05, 3.63) is 129 Å². The second-order valence-electron chi connectivity index (χ2n) is 12.4. The number of alkyl halides is 12. The van der Waals surface area contributed by atoms with Crippen molar-refractivity contribution < 1.29 is 52.7 Å². The van der Waals surface area contributed by atoms with Crippen molar-refractivity contribution in [2.45, 2.75) is 30.7 Å². The number of aliphatic imine (C=N–C) groups is 1. The van der Waals surface area contributed by atoms with Crippen LogP contribution in [0.3, 0.4) is 0 Å². The summed E-state index contributed by atoms with van der Waals surface area (Å²) in [6.45, 7) is 0. The highest BCUT2D eigenvalue weighted by atomic mass is 19.4. The van der Waals surface area contributed by atoms with Crippen LogP contribution in [0.2, 0.25) is 0 Å². The largest absolute Gasteiger partial charge is 0.416 e. The number of hydrogen-bond donors (Lipinski definition) is 1. The van der Waals surface area contributed by atoms with E-state index in [9.17, 15) is 63.2 Å². The number of benzene rings is 5. The first-order valence-corrected chi connectivity index (χ1v) is 15.4. The summed E-state index contributed by atoms with van der Waals surface area (Å²) in [5, 5.41) is 21.8. The van der Waals surface area contributed by atoms with Crippen LogP contribution in [-0.2, 0) is 24.7 Å². The Bertz CT molecular complexity index is 2450. The van der Waals surface area contributed by atoms with Crippen LogP contribution < -0.4 is 5.32 Å². The summed E-state index contributed by atoms with van der Waals surface area (Å²) in [6, 6.07) is 12.8. The van der Waals surface area contributed by atoms with Crippen LogP contribution in [0.1, 0.15) is 50.5 Å². The van der Waals surface area contributed by atoms with Gasteiger partial charge in [0.1, 0.15) is 0 Å². The Morgan fingerprint density at radius 2 is 0.889 bits per heavy atom. The minimum Gasteiger partial charge on any atom is -0.312 e. The van der Waals surface area contributed by atoms with Crippen molar-refractivity contribution in [2.75, 3.05) is 0 Å². The van der Waals surface area contributed by atoms with Gasteiger partial charge in [-0.25, -0.2) is 0 Å². The molecule has 5 aromatic carbocycles. The maximum atomic E-state index is 13.6. The van der Waals surface area contributed by atoms with Gasteiger partial charge in [0.15, 0.2) is 6.19 Å². The first kappa shape index (κ1) is 36.1. The molecule has 2 aliphatic carbocycles. The standard InChI is InChI=1S/C38H16F12N4/c39-35(40,41)21-5-19(6-22(11-21)36(42,43)44)17-1-3-25-27-13-28-26-4-2-18(20-7-23(37(45,46)47)12-24(8-20)38(48,49)50)10-30(26)34(54-16-52)32(28)14-31(27)33(53-15-51)29(25)9-17/h1-14,33,53H. The molecule has 0 aliphatic heterocycles. The third-order valence-corrected chi connectivity index (χ3v) is 9.19. The van der Waals surface area contributed by atoms with Crippen molar-refractivity contribution in [3.63, 3.8) is 0 Å². The minimum atomic E-state index is -5.10. The quantitative estimate of drug-likeness (QED) is 0.111. The summed E-state index contributed by atoms with van der Waals surface area (Å²) in [4.78, 5) is 3.90. The van der Waals surface area contributed by atoms with Gasteiger partial charge in [-0.3, -0.25) is 0 Å². The fraction of sp³-hybridized carbons (Fsp3) is 0.132. The van der Waals surface area contributed by atoms with Gasteiger partial charge >= 0.3 is 24.7 Å². The van der Waals surface area contributed by atoms with E-state index in [1.807, 2.05) is 0 Å². The van der Waals surface area contributed by atoms with Gasteiger partial charge in [0.2, 0.25) is 6.19 Å². The van der Waals surface area contributed by atoms with E-state index in [0.717, 1.165) is 0 Å². The Hall–Kier alpha value is -6.29. The van der Waals surface area contributed by atoms with Gasteiger partial charge in [-0.1, -0.05) is 24.3 Å². The van der Waals surface area contributed by atoms with Crippen LogP contribution in [0.15, 0.2) is 89.9 Å². The summed E-state index contributed by atoms with van der Waals surface area (Å²) >= 11 is 0. The molecule has 0 spiro atoms. The number of nitriles is 2. The van der Waals surface area contributed by atoms with E-state index in [4.69, 9.17) is 0 Å². The lowest BCUT2D eigenvalue weighted by atomic mass is 9.94. The van der Waals surface area contributed by atoms with E-state index < -0.39 is 58.6 Å². The Morgan fingerprint density at radius 1 is 0.444 bits per heavy atom. The van der Waals surface area contributed by atoms with Crippen molar-refractivity contribution in [3.8, 4) is 56.9 Å². The van der Waals surface area contributed by atoms with Gasteiger partial charge in [0.25, 0.3) is 0 Å². The maximum absolute atomic E-state index is 13.6. The number of nitrogens with zero attached hydrogens (tertiary/aromatic N) is 3. The third-order valence-electron chi connectivity index (χ3n) is 9.19. The monoisotopic (exact) mass is 756 g/mol. The summed E-state index contributed by atoms with van der Waals surface area (Å²) < 4.78 is 163. The lowest BCUT2D eigenvalue weighted by Gasteiger charge is -2.16. The summed E-state index contributed by atoms with van der Waals surface area (Å²) in [5.74, 6) is 0. The molecule has 272 valence electrons. The Morgan fingerprint density at radius 3 is 1.35 bits per heavy atom. The lowest BCUT2D eigenvalue weighted by molar-refractivity contribution is -0.144. The first-order chi connectivity index (χ1) is 25.2. The smallest absolute Gasteiger partial charge is 0.312 e. The van der Waals surface area contributed by atoms with Crippen molar-refractivity contribution in [2.24, 2.45) is 4.99 Å². The Balaban J connectivity index is 1.37. The van der Waals surface area contributed by atoms with Crippen molar-refractivity contribution >= 4 is 5.71 Å². The van der Waals surface area contributed by atoms with Crippen LogP contribution in [0.4, 0.5) is 52.7 Å². The molecule has 0 heterocycles. The van der Waals surface area contributed by atoms with Gasteiger partial charge < -0.3 is 5.32 Å². The molecule has 0 saturated heterocycles. The predicted molar refractivity (Wildman–Crippen MR) is 170 cm³/mol. The van der Waals surface area contributed by atoms with E-state index in [-0.39, 0.29) is 40.1 Å². The van der Waals surface area contributed by atoms with Crippen LogP contribution in [0.5, 0.6) is 0 Å². The van der Waals surface area contributed by atoms with Crippen LogP contribution >= 0.6 is 0 Å². The fourth-order valence-electron chi connectivity index (χ4n) is 6.83. The van der Waals surface area contributed by atoms with Crippen LogP contribution in [-0.4, -0.2) is 5.71 Å². The predicted octanol–water partition coefficient (Wildman–Crippen LogP) is 11.5. The molecule has 0 radical (unpaired) electrons. The van der Waals surface area contributed by atoms with Crippen LogP contribution in [0, 0.1) is 22.9 Å². The second-order valence-corrected chi connectivity index (χ2v) is 12.4. The SMILES string of the molecule is N#CN=C1c2cc(-c3cc(C(F)(F)F)cc(C(F)(F)F)c3)ccc2-c2cc3c(cc21)C(NC#N)c1cc(-c2cc(C(F)(F)F)cc(C(F)(F)F)c2)ccc1-3. The molecule has 4 nitrogen and oxygen atoms in total. The number of fused-ring (bicyclic) bond motifs is 6. The van der Waals surface area contributed by atoms with E-state index in [0.29, 0.717) is 63.2 Å². The summed E-state index contributed by atoms with van der Waals surface area (Å²) in [7, 11) is 0. The molecule has 0 saturated carbocycles. The van der Waals surface area contributed by atoms with E-state index >= 15 is 0 Å². The highest BCUT2D eigenvalue weighted by Gasteiger charge is 2.40. The molecule has 0 fully saturated rings. The molecule has 1 N–H and O–H groups in total. The highest BCUT2D eigenvalue weighted by Crippen LogP contribution is 2.51. The normalized spacial score (nSPS) is 15.6. The molecule has 7 rings (SSSR count). The van der Waals surface area contributed by atoms with E-state index in [1.165, 1.54) is 36.4 Å². The third kappa shape index (κ3) is 6.17. The highest BCUT2D eigenvalue weighted by molar-refractivity contribution is 6.25. The summed E-state index contributed by atoms with van der Waals surface area (Å²) in [5.41, 5.74) is -3.82. The molecule has 0 aromatic heterocycles. The zero-order valence-electron chi connectivity index (χ0n) is 26.5. The van der Waals surface area contributed by atoms with E-state index in [1.54, 1.807) is 24.5 Å². The molecular weight excluding hydrogens is 740 g/mol. The Labute approximate surface area is 296 Å². The molecule has 5 aromatic rings. The van der Waals surface area contributed by atoms with Gasteiger partial charge in [-0.05, 0) is 116 Å². The van der Waals surface area contributed by atoms with E-state index in [2.05, 4.69) is 10.3 Å². The average molecular weight is 757 g/mol. The van der Waals surface area contributed by atoms with Gasteiger partial charge in [0, 0.05) is 11.1 Å². The second kappa shape index (κ2) is 12.1. The molecule has 16 heteroatoms. The molecular formula is C38H16F12N4. The molecule has 1 atom stereocenters. The average Bonchev–Trinajstić information content (AvgIpc) is 3.56. The van der Waals surface area contributed by atoms with Crippen molar-refractivity contribution in [1.82, 2.24) is 5.32 Å². The fourth-order valence-corrected chi connectivity index (χ4v) is 6.83. The Kier molecular flexibility index (Phi) is 8.10. The minimum absolute atomic E-state index is 0.00268. The molecule has 1 unspecified atom stereocenters.